The Kier molecular flexibility index (Phi) is 3.44. The van der Waals surface area contributed by atoms with Gasteiger partial charge in [-0.15, -0.1) is 0 Å². The number of hydrogen-bond acceptors (Lipinski definition) is 4. The fraction of sp³-hybridized carbons (Fsp3) is 0.467. The molecule has 0 amide bonds. The molecule has 5 nitrogen and oxygen atoms in total. The fourth-order valence-corrected chi connectivity index (χ4v) is 3.39. The van der Waals surface area contributed by atoms with E-state index in [4.69, 9.17) is 4.74 Å². The lowest BCUT2D eigenvalue weighted by atomic mass is 9.89. The second kappa shape index (κ2) is 5.25. The van der Waals surface area contributed by atoms with Crippen molar-refractivity contribution in [1.29, 1.82) is 0 Å². The molecule has 3 rings (SSSR count). The third kappa shape index (κ3) is 2.41. The summed E-state index contributed by atoms with van der Waals surface area (Å²) in [6.45, 7) is 0. The van der Waals surface area contributed by atoms with E-state index in [1.807, 2.05) is 6.07 Å². The van der Waals surface area contributed by atoms with Crippen LogP contribution in [0.1, 0.15) is 29.6 Å². The van der Waals surface area contributed by atoms with E-state index in [1.165, 1.54) is 0 Å². The molecule has 0 radical (unpaired) electrons. The van der Waals surface area contributed by atoms with Crippen LogP contribution in [0.4, 0.5) is 0 Å². The minimum Gasteiger partial charge on any atom is -0.549 e. The van der Waals surface area contributed by atoms with Gasteiger partial charge >= 0.3 is 5.97 Å². The lowest BCUT2D eigenvalue weighted by molar-refractivity contribution is -0.718. The molecule has 0 saturated carbocycles. The van der Waals surface area contributed by atoms with Crippen molar-refractivity contribution in [1.82, 2.24) is 0 Å². The molecule has 2 bridgehead atoms. The zero-order chi connectivity index (χ0) is 14.1. The molecule has 5 heteroatoms. The van der Waals surface area contributed by atoms with E-state index in [0.29, 0.717) is 18.0 Å². The van der Waals surface area contributed by atoms with E-state index in [1.54, 1.807) is 24.3 Å². The topological polar surface area (TPSA) is 83.0 Å². The normalized spacial score (nSPS) is 31.8. The lowest BCUT2D eigenvalue weighted by Gasteiger charge is -2.34. The van der Waals surface area contributed by atoms with Crippen LogP contribution in [0.2, 0.25) is 0 Å². The number of rotatable bonds is 3. The van der Waals surface area contributed by atoms with Crippen LogP contribution in [0.15, 0.2) is 30.3 Å². The average molecular weight is 275 g/mol. The van der Waals surface area contributed by atoms with Crippen LogP contribution in [0.5, 0.6) is 0 Å². The molecule has 0 unspecified atom stereocenters. The summed E-state index contributed by atoms with van der Waals surface area (Å²) in [5.74, 6) is -2.28. The molecule has 4 atom stereocenters. The monoisotopic (exact) mass is 275 g/mol. The number of carbonyl (C=O) groups is 2. The Morgan fingerprint density at radius 3 is 2.65 bits per heavy atom. The van der Waals surface area contributed by atoms with Gasteiger partial charge in [-0.1, -0.05) is 18.2 Å². The van der Waals surface area contributed by atoms with Gasteiger partial charge in [-0.05, 0) is 12.1 Å². The maximum Gasteiger partial charge on any atom is 0.338 e. The summed E-state index contributed by atoms with van der Waals surface area (Å²) in [4.78, 5) is 23.4. The number of benzene rings is 1. The van der Waals surface area contributed by atoms with Crippen LogP contribution >= 0.6 is 0 Å². The summed E-state index contributed by atoms with van der Waals surface area (Å²) < 4.78 is 5.45. The molecule has 1 aromatic rings. The molecule has 2 saturated heterocycles. The molecule has 0 spiro atoms. The van der Waals surface area contributed by atoms with E-state index < -0.39 is 24.0 Å². The molecule has 2 N–H and O–H groups in total. The first-order chi connectivity index (χ1) is 9.65. The van der Waals surface area contributed by atoms with E-state index in [2.05, 4.69) is 5.32 Å². The highest BCUT2D eigenvalue weighted by Crippen LogP contribution is 2.29. The number of fused-ring (bicyclic) bond motifs is 2. The van der Waals surface area contributed by atoms with Crippen molar-refractivity contribution in [3.8, 4) is 0 Å². The predicted octanol–water partition coefficient (Wildman–Crippen LogP) is -0.924. The summed E-state index contributed by atoms with van der Waals surface area (Å²) >= 11 is 0. The Morgan fingerprint density at radius 2 is 1.95 bits per heavy atom. The van der Waals surface area contributed by atoms with Gasteiger partial charge in [0, 0.05) is 19.3 Å². The number of carboxylic acids is 1. The Labute approximate surface area is 116 Å². The van der Waals surface area contributed by atoms with Gasteiger partial charge in [-0.25, -0.2) is 4.79 Å². The minimum absolute atomic E-state index is 0.0210. The zero-order valence-corrected chi connectivity index (χ0v) is 11.0. The van der Waals surface area contributed by atoms with Crippen molar-refractivity contribution in [3.05, 3.63) is 35.9 Å². The van der Waals surface area contributed by atoms with Gasteiger partial charge in [0.15, 0.2) is 0 Å². The van der Waals surface area contributed by atoms with E-state index in [-0.39, 0.29) is 6.04 Å². The summed E-state index contributed by atoms with van der Waals surface area (Å²) in [6, 6.07) is 9.00. The second-order valence-corrected chi connectivity index (χ2v) is 5.58. The number of hydrogen-bond donors (Lipinski definition) is 1. The number of nitrogens with two attached hydrogens (primary N) is 1. The first-order valence-electron chi connectivity index (χ1n) is 6.97. The number of quaternary nitrogens is 1. The second-order valence-electron chi connectivity index (χ2n) is 5.58. The van der Waals surface area contributed by atoms with Gasteiger partial charge < -0.3 is 20.0 Å². The van der Waals surface area contributed by atoms with E-state index in [0.717, 1.165) is 12.8 Å². The van der Waals surface area contributed by atoms with E-state index in [9.17, 15) is 14.7 Å². The Balaban J connectivity index is 1.75. The fourth-order valence-electron chi connectivity index (χ4n) is 3.39. The molecule has 2 fully saturated rings. The highest BCUT2D eigenvalue weighted by Gasteiger charge is 2.47. The summed E-state index contributed by atoms with van der Waals surface area (Å²) in [5.41, 5.74) is 0.450. The molecule has 1 aromatic carbocycles. The average Bonchev–Trinajstić information content (AvgIpc) is 2.81. The van der Waals surface area contributed by atoms with Crippen LogP contribution in [0.25, 0.3) is 0 Å². The molecular weight excluding hydrogens is 258 g/mol. The van der Waals surface area contributed by atoms with Crippen LogP contribution in [-0.2, 0) is 9.53 Å². The third-order valence-corrected chi connectivity index (χ3v) is 4.33. The minimum atomic E-state index is -1.11. The SMILES string of the molecule is O=C(O[C@@H]1C[C@@H]2CC[C@@H]([NH2+]2)[C@@H]1C(=O)[O-])c1ccccc1. The van der Waals surface area contributed by atoms with Crippen molar-refractivity contribution < 1.29 is 24.7 Å². The van der Waals surface area contributed by atoms with Gasteiger partial charge in [0.1, 0.15) is 6.10 Å². The van der Waals surface area contributed by atoms with Gasteiger partial charge in [-0.2, -0.15) is 0 Å². The summed E-state index contributed by atoms with van der Waals surface area (Å²) in [7, 11) is 0. The van der Waals surface area contributed by atoms with Gasteiger partial charge in [0.05, 0.1) is 29.5 Å². The number of piperidine rings is 1. The lowest BCUT2D eigenvalue weighted by Crippen LogP contribution is -2.96. The van der Waals surface area contributed by atoms with Crippen molar-refractivity contribution in [2.24, 2.45) is 5.92 Å². The van der Waals surface area contributed by atoms with Gasteiger partial charge in [0.25, 0.3) is 0 Å². The smallest absolute Gasteiger partial charge is 0.338 e. The van der Waals surface area contributed by atoms with Crippen molar-refractivity contribution in [3.63, 3.8) is 0 Å². The first kappa shape index (κ1) is 13.1. The van der Waals surface area contributed by atoms with Crippen LogP contribution in [0.3, 0.4) is 0 Å². The molecule has 20 heavy (non-hydrogen) atoms. The number of ether oxygens (including phenoxy) is 1. The number of esters is 1. The first-order valence-corrected chi connectivity index (χ1v) is 6.97. The Bertz CT molecular complexity index is 516. The summed E-state index contributed by atoms with van der Waals surface area (Å²) in [6.07, 6.45) is 1.85. The quantitative estimate of drug-likeness (QED) is 0.723. The maximum absolute atomic E-state index is 12.1. The molecular formula is C15H17NO4. The summed E-state index contributed by atoms with van der Waals surface area (Å²) in [5, 5.41) is 13.4. The number of carboxylic acid groups (broad SMARTS) is 1. The molecule has 106 valence electrons. The molecule has 2 aliphatic rings. The largest absolute Gasteiger partial charge is 0.549 e. The van der Waals surface area contributed by atoms with Crippen LogP contribution < -0.4 is 10.4 Å². The van der Waals surface area contributed by atoms with Crippen molar-refractivity contribution in [2.45, 2.75) is 37.5 Å². The molecule has 2 heterocycles. The standard InChI is InChI=1S/C15H17NO4/c17-14(18)13-11-7-6-10(16-11)8-12(13)20-15(19)9-4-2-1-3-5-9/h1-5,10-13,16H,6-8H2,(H,17,18)/t10-,11+,12+,13-/m0/s1. The van der Waals surface area contributed by atoms with E-state index >= 15 is 0 Å². The molecule has 0 aliphatic carbocycles. The number of aliphatic carboxylic acids is 1. The molecule has 2 aliphatic heterocycles. The van der Waals surface area contributed by atoms with Gasteiger partial charge in [-0.3, -0.25) is 0 Å². The van der Waals surface area contributed by atoms with Crippen LogP contribution in [0, 0.1) is 5.92 Å². The zero-order valence-electron chi connectivity index (χ0n) is 11.0. The van der Waals surface area contributed by atoms with Gasteiger partial charge in [0.2, 0.25) is 0 Å². The highest BCUT2D eigenvalue weighted by molar-refractivity contribution is 5.89. The Morgan fingerprint density at radius 1 is 1.20 bits per heavy atom. The van der Waals surface area contributed by atoms with Crippen molar-refractivity contribution >= 4 is 11.9 Å². The van der Waals surface area contributed by atoms with Crippen LogP contribution in [-0.4, -0.2) is 30.1 Å². The molecule has 0 aromatic heterocycles. The third-order valence-electron chi connectivity index (χ3n) is 4.33. The predicted molar refractivity (Wildman–Crippen MR) is 67.5 cm³/mol. The highest BCUT2D eigenvalue weighted by atomic mass is 16.5. The Hall–Kier alpha value is -1.88. The number of carbonyl (C=O) groups excluding carboxylic acids is 2. The van der Waals surface area contributed by atoms with Crippen molar-refractivity contribution in [2.75, 3.05) is 0 Å². The maximum atomic E-state index is 12.1.